The zero-order valence-electron chi connectivity index (χ0n) is 4.20. The van der Waals surface area contributed by atoms with Crippen molar-refractivity contribution in [3.8, 4) is 0 Å². The zero-order chi connectivity index (χ0) is 5.66. The van der Waals surface area contributed by atoms with Crippen molar-refractivity contribution >= 4 is 93.0 Å². The van der Waals surface area contributed by atoms with Crippen molar-refractivity contribution in [1.29, 1.82) is 0 Å². The van der Waals surface area contributed by atoms with Gasteiger partial charge in [0.15, 0.2) is 0 Å². The average molecular weight is 655 g/mol. The van der Waals surface area contributed by atoms with E-state index in [1.807, 2.05) is 0 Å². The fourth-order valence-electron chi connectivity index (χ4n) is 0.189. The number of hydrogen-bond donors (Lipinski definition) is 0. The largest absolute Gasteiger partial charge is 0 e. The Morgan fingerprint density at radius 1 is 0.556 bits per heavy atom. The van der Waals surface area contributed by atoms with E-state index in [0.29, 0.717) is 0 Å². The van der Waals surface area contributed by atoms with Crippen LogP contribution in [0.4, 0.5) is 0 Å². The Balaban J connectivity index is 0.000000640. The van der Waals surface area contributed by atoms with Gasteiger partial charge in [0.1, 0.15) is 0 Å². The molecular weight excluding hydrogens is 651 g/mol. The monoisotopic (exact) mass is 655 g/mol. The first-order valence-electron chi connectivity index (χ1n) is 1.79. The first-order chi connectivity index (χ1) is 4.00. The van der Waals surface area contributed by atoms with Crippen LogP contribution in [0.15, 0.2) is 0 Å². The molecule has 0 saturated carbocycles. The molecular formula is H4As8Cr-4. The molecule has 0 unspecified atom stereocenters. The van der Waals surface area contributed by atoms with Crippen molar-refractivity contribution < 1.29 is 17.4 Å². The van der Waals surface area contributed by atoms with Gasteiger partial charge in [0.25, 0.3) is 0 Å². The summed E-state index contributed by atoms with van der Waals surface area (Å²) in [7, 11) is 0. The maximum atomic E-state index is 1.20. The van der Waals surface area contributed by atoms with E-state index in [1.165, 1.54) is 46.5 Å². The fourth-order valence-corrected chi connectivity index (χ4v) is 718. The van der Waals surface area contributed by atoms with Crippen molar-refractivity contribution in [1.82, 2.24) is 0 Å². The maximum absolute atomic E-state index is 1.20. The summed E-state index contributed by atoms with van der Waals surface area (Å²) in [5.74, 6) is 0. The molecule has 1 aliphatic heterocycles. The third-order valence-electron chi connectivity index (χ3n) is 0.400. The molecule has 54 valence electrons. The molecule has 0 aromatic carbocycles. The second kappa shape index (κ2) is 11.1. The standard InChI is InChI=1S/As8H4.Cr/c1-2-4-6-8-7-5-3-1;/h1,4-5,8H;/q-4;. The van der Waals surface area contributed by atoms with Crippen LogP contribution in [-0.4, -0.2) is 93.0 Å². The normalized spacial score (nSPS) is 42.7. The Kier molecular flexibility index (Phi) is 17.2. The molecule has 0 amide bonds. The molecule has 9 heteroatoms. The van der Waals surface area contributed by atoms with Gasteiger partial charge in [0.2, 0.25) is 0 Å². The third kappa shape index (κ3) is 9.31. The molecule has 0 aromatic rings. The Bertz CT molecular complexity index is 28.5. The van der Waals surface area contributed by atoms with Crippen LogP contribution in [-0.2, 0) is 17.4 Å². The molecule has 1 fully saturated rings. The summed E-state index contributed by atoms with van der Waals surface area (Å²) >= 11 is 8.50. The zero-order valence-corrected chi connectivity index (χ0v) is 21.4. The summed E-state index contributed by atoms with van der Waals surface area (Å²) in [6.45, 7) is 0. The minimum absolute atomic E-state index is 0. The van der Waals surface area contributed by atoms with Crippen LogP contribution in [0.1, 0.15) is 0 Å². The summed E-state index contributed by atoms with van der Waals surface area (Å²) in [5.41, 5.74) is 0. The van der Waals surface area contributed by atoms with Gasteiger partial charge in [0.05, 0.1) is 0 Å². The summed E-state index contributed by atoms with van der Waals surface area (Å²) < 4.78 is 0. The molecule has 0 atom stereocenters. The predicted octanol–water partition coefficient (Wildman–Crippen LogP) is -4.12. The van der Waals surface area contributed by atoms with Crippen molar-refractivity contribution in [3.63, 3.8) is 0 Å². The van der Waals surface area contributed by atoms with E-state index in [0.717, 1.165) is 46.5 Å². The van der Waals surface area contributed by atoms with Gasteiger partial charge < -0.3 is 0 Å². The number of hydrogen-bond acceptors (Lipinski definition) is 0. The summed E-state index contributed by atoms with van der Waals surface area (Å²) in [5, 5.41) is 0. The van der Waals surface area contributed by atoms with Crippen LogP contribution in [0.25, 0.3) is 0 Å². The van der Waals surface area contributed by atoms with E-state index in [9.17, 15) is 0 Å². The van der Waals surface area contributed by atoms with Crippen LogP contribution >= 0.6 is 0 Å². The van der Waals surface area contributed by atoms with Gasteiger partial charge in [-0.25, -0.2) is 0 Å². The van der Waals surface area contributed by atoms with E-state index < -0.39 is 0 Å². The molecule has 0 bridgehead atoms. The van der Waals surface area contributed by atoms with E-state index in [-0.39, 0.29) is 17.4 Å². The minimum atomic E-state index is 0. The van der Waals surface area contributed by atoms with Gasteiger partial charge in [0, 0.05) is 17.4 Å². The second-order valence-corrected chi connectivity index (χ2v) is 119. The second-order valence-electron chi connectivity index (χ2n) is 0.847. The quantitative estimate of drug-likeness (QED) is 0.233. The van der Waals surface area contributed by atoms with E-state index in [4.69, 9.17) is 0 Å². The van der Waals surface area contributed by atoms with Crippen LogP contribution in [0.3, 0.4) is 0 Å². The van der Waals surface area contributed by atoms with Gasteiger partial charge in [-0.15, -0.1) is 0 Å². The molecule has 0 aromatic heterocycles. The van der Waals surface area contributed by atoms with Crippen molar-refractivity contribution in [2.45, 2.75) is 0 Å². The van der Waals surface area contributed by atoms with Crippen molar-refractivity contribution in [3.05, 3.63) is 0 Å². The minimum Gasteiger partial charge on any atom is 0 e. The molecule has 1 heterocycles. The molecule has 1 aliphatic rings. The van der Waals surface area contributed by atoms with Crippen LogP contribution in [0.5, 0.6) is 0 Å². The average Bonchev–Trinajstić information content (AvgIpc) is 1.62. The maximum Gasteiger partial charge on any atom is 0 e. The Hall–Kier alpha value is 5.00. The Morgan fingerprint density at radius 3 is 1.00 bits per heavy atom. The molecule has 8 radical (unpaired) electrons. The topological polar surface area (TPSA) is 0 Å². The van der Waals surface area contributed by atoms with Gasteiger partial charge in [-0.05, 0) is 0 Å². The van der Waals surface area contributed by atoms with Gasteiger partial charge in [-0.2, -0.15) is 0 Å². The molecule has 0 nitrogen and oxygen atoms in total. The van der Waals surface area contributed by atoms with E-state index in [1.54, 1.807) is 0 Å². The van der Waals surface area contributed by atoms with Gasteiger partial charge in [-0.1, -0.05) is 0 Å². The van der Waals surface area contributed by atoms with Crippen LogP contribution < -0.4 is 0 Å². The smallest absolute Gasteiger partial charge is 0 e. The van der Waals surface area contributed by atoms with Crippen LogP contribution in [0.2, 0.25) is 0 Å². The Labute approximate surface area is 107 Å². The molecule has 0 spiro atoms. The summed E-state index contributed by atoms with van der Waals surface area (Å²) in [4.78, 5) is 0. The molecule has 0 N–H and O–H groups in total. The Morgan fingerprint density at radius 2 is 0.778 bits per heavy atom. The third-order valence-corrected chi connectivity index (χ3v) is 292. The first-order valence-corrected chi connectivity index (χ1v) is 48.3. The SMILES string of the molecule is [As]1[AsH-][As][AsH-][As][AsH-][As][AsH-]1.[Cr]. The van der Waals surface area contributed by atoms with Crippen LogP contribution in [0, 0.1) is 0 Å². The van der Waals surface area contributed by atoms with Gasteiger partial charge in [-0.3, -0.25) is 0 Å². The van der Waals surface area contributed by atoms with Gasteiger partial charge >= 0.3 is 93.0 Å². The van der Waals surface area contributed by atoms with E-state index >= 15 is 0 Å². The van der Waals surface area contributed by atoms with Crippen molar-refractivity contribution in [2.24, 2.45) is 0 Å². The summed E-state index contributed by atoms with van der Waals surface area (Å²) in [6, 6.07) is 0. The fraction of sp³-hybridized carbons (Fsp3) is 0. The summed E-state index contributed by atoms with van der Waals surface area (Å²) in [6.07, 6.45) is 0. The first kappa shape index (κ1) is 14.0. The molecule has 9 heavy (non-hydrogen) atoms. The number of rotatable bonds is 0. The molecule has 0 aliphatic carbocycles. The molecule has 1 rings (SSSR count). The van der Waals surface area contributed by atoms with Crippen molar-refractivity contribution in [2.75, 3.05) is 0 Å². The molecule has 1 saturated heterocycles. The van der Waals surface area contributed by atoms with E-state index in [2.05, 4.69) is 0 Å². The predicted molar refractivity (Wildman–Crippen MR) is 51.6 cm³/mol.